The minimum Gasteiger partial charge on any atom is -0.343 e. The summed E-state index contributed by atoms with van der Waals surface area (Å²) in [6.07, 6.45) is 3.47. The molecule has 2 aliphatic rings. The Balaban J connectivity index is 1.90. The van der Waals surface area contributed by atoms with E-state index in [9.17, 15) is 15.4 Å². The van der Waals surface area contributed by atoms with E-state index in [1.54, 1.807) is 24.4 Å². The summed E-state index contributed by atoms with van der Waals surface area (Å²) in [5.74, 6) is 0.426. The van der Waals surface area contributed by atoms with Crippen molar-refractivity contribution < 1.29 is 4.92 Å². The van der Waals surface area contributed by atoms with Crippen molar-refractivity contribution in [1.82, 2.24) is 15.5 Å². The lowest BCUT2D eigenvalue weighted by Crippen LogP contribution is -2.32. The highest BCUT2D eigenvalue weighted by Crippen LogP contribution is 2.45. The second-order valence-electron chi connectivity index (χ2n) is 6.54. The Hall–Kier alpha value is -3.18. The zero-order valence-corrected chi connectivity index (χ0v) is 14.0. The standard InChI is InChI=1S/C18H18N6O2/c19-9-13-16(12-3-1-2-4-15(12)24(25)26)14-10-21-23-18(14)22-17(13)11-5-7-20-8-6-11/h1-4,10-11,16,20H,5-8H2,(H2,21,22,23). The van der Waals surface area contributed by atoms with Crippen LogP contribution in [0.4, 0.5) is 11.5 Å². The molecular formula is C18H18N6O2. The summed E-state index contributed by atoms with van der Waals surface area (Å²) in [5.41, 5.74) is 2.69. The third-order valence-electron chi connectivity index (χ3n) is 5.13. The van der Waals surface area contributed by atoms with E-state index in [-0.39, 0.29) is 11.6 Å². The third-order valence-corrected chi connectivity index (χ3v) is 5.13. The summed E-state index contributed by atoms with van der Waals surface area (Å²) in [4.78, 5) is 11.2. The van der Waals surface area contributed by atoms with Crippen molar-refractivity contribution in [3.8, 4) is 6.07 Å². The number of nitrogens with one attached hydrogen (secondary N) is 3. The van der Waals surface area contributed by atoms with Gasteiger partial charge < -0.3 is 10.6 Å². The van der Waals surface area contributed by atoms with E-state index in [2.05, 4.69) is 26.9 Å². The average molecular weight is 350 g/mol. The van der Waals surface area contributed by atoms with E-state index >= 15 is 0 Å². The van der Waals surface area contributed by atoms with Crippen LogP contribution >= 0.6 is 0 Å². The second-order valence-corrected chi connectivity index (χ2v) is 6.54. The van der Waals surface area contributed by atoms with Crippen LogP contribution in [0.5, 0.6) is 0 Å². The molecule has 1 unspecified atom stereocenters. The van der Waals surface area contributed by atoms with Crippen LogP contribution in [-0.2, 0) is 0 Å². The van der Waals surface area contributed by atoms with E-state index < -0.39 is 10.8 Å². The number of H-pyrrole nitrogens is 1. The van der Waals surface area contributed by atoms with Gasteiger partial charge in [-0.25, -0.2) is 0 Å². The maximum absolute atomic E-state index is 11.6. The second kappa shape index (κ2) is 6.61. The Morgan fingerprint density at radius 2 is 2.00 bits per heavy atom. The number of nitrogens with zero attached hydrogens (tertiary/aromatic N) is 3. The molecular weight excluding hydrogens is 332 g/mol. The number of nitro benzene ring substituents is 1. The zero-order valence-electron chi connectivity index (χ0n) is 14.0. The van der Waals surface area contributed by atoms with Gasteiger partial charge in [-0.2, -0.15) is 10.4 Å². The molecule has 8 nitrogen and oxygen atoms in total. The van der Waals surface area contributed by atoms with Crippen molar-refractivity contribution in [2.45, 2.75) is 18.8 Å². The lowest BCUT2D eigenvalue weighted by molar-refractivity contribution is -0.385. The Bertz CT molecular complexity index is 920. The molecule has 1 fully saturated rings. The molecule has 0 aliphatic carbocycles. The number of piperidine rings is 1. The minimum atomic E-state index is -0.499. The molecule has 2 aromatic rings. The number of rotatable bonds is 3. The lowest BCUT2D eigenvalue weighted by Gasteiger charge is -2.32. The van der Waals surface area contributed by atoms with Crippen molar-refractivity contribution in [2.24, 2.45) is 5.92 Å². The van der Waals surface area contributed by atoms with Gasteiger partial charge in [-0.15, -0.1) is 0 Å². The van der Waals surface area contributed by atoms with Crippen LogP contribution < -0.4 is 10.6 Å². The molecule has 0 spiro atoms. The number of aromatic nitrogens is 2. The lowest BCUT2D eigenvalue weighted by atomic mass is 9.78. The monoisotopic (exact) mass is 350 g/mol. The molecule has 1 aromatic carbocycles. The van der Waals surface area contributed by atoms with Crippen molar-refractivity contribution in [3.05, 3.63) is 63.0 Å². The molecule has 2 aliphatic heterocycles. The molecule has 8 heteroatoms. The number of para-hydroxylation sites is 1. The molecule has 3 N–H and O–H groups in total. The fraction of sp³-hybridized carbons (Fsp3) is 0.333. The Labute approximate surface area is 150 Å². The van der Waals surface area contributed by atoms with Gasteiger partial charge in [-0.1, -0.05) is 18.2 Å². The normalized spacial score (nSPS) is 20.2. The Morgan fingerprint density at radius 3 is 2.73 bits per heavy atom. The van der Waals surface area contributed by atoms with Crippen molar-refractivity contribution in [1.29, 1.82) is 5.26 Å². The SMILES string of the molecule is N#CC1=C(C2CCNCC2)Nc2[nH]ncc2C1c1ccccc1[N+](=O)[O-]. The van der Waals surface area contributed by atoms with E-state index in [1.807, 2.05) is 0 Å². The molecule has 0 radical (unpaired) electrons. The van der Waals surface area contributed by atoms with Crippen molar-refractivity contribution in [2.75, 3.05) is 18.4 Å². The van der Waals surface area contributed by atoms with Gasteiger partial charge in [0.15, 0.2) is 0 Å². The topological polar surface area (TPSA) is 120 Å². The maximum atomic E-state index is 11.6. The van der Waals surface area contributed by atoms with Gasteiger partial charge in [0.2, 0.25) is 0 Å². The van der Waals surface area contributed by atoms with Crippen LogP contribution in [0.2, 0.25) is 0 Å². The summed E-state index contributed by atoms with van der Waals surface area (Å²) in [6, 6.07) is 8.94. The minimum absolute atomic E-state index is 0.0176. The van der Waals surface area contributed by atoms with E-state index in [0.29, 0.717) is 17.0 Å². The molecule has 0 bridgehead atoms. The third kappa shape index (κ3) is 2.62. The van der Waals surface area contributed by atoms with E-state index in [4.69, 9.17) is 0 Å². The number of anilines is 1. The van der Waals surface area contributed by atoms with Crippen LogP contribution in [0.15, 0.2) is 41.7 Å². The predicted octanol–water partition coefficient (Wildman–Crippen LogP) is 2.65. The zero-order chi connectivity index (χ0) is 18.1. The first-order chi connectivity index (χ1) is 12.7. The number of nitriles is 1. The predicted molar refractivity (Wildman–Crippen MR) is 95.4 cm³/mol. The number of allylic oxidation sites excluding steroid dienone is 2. The number of benzene rings is 1. The Morgan fingerprint density at radius 1 is 1.23 bits per heavy atom. The largest absolute Gasteiger partial charge is 0.343 e. The van der Waals surface area contributed by atoms with Crippen LogP contribution in [0.25, 0.3) is 0 Å². The number of hydrogen-bond donors (Lipinski definition) is 3. The van der Waals surface area contributed by atoms with Gasteiger partial charge in [-0.05, 0) is 25.9 Å². The highest BCUT2D eigenvalue weighted by molar-refractivity contribution is 5.67. The molecule has 1 saturated heterocycles. The quantitative estimate of drug-likeness (QED) is 0.578. The molecule has 1 aromatic heterocycles. The molecule has 132 valence electrons. The first-order valence-corrected chi connectivity index (χ1v) is 8.59. The van der Waals surface area contributed by atoms with Crippen molar-refractivity contribution in [3.63, 3.8) is 0 Å². The number of hydrogen-bond acceptors (Lipinski definition) is 6. The van der Waals surface area contributed by atoms with Gasteiger partial charge in [-0.3, -0.25) is 15.2 Å². The van der Waals surface area contributed by atoms with Gasteiger partial charge >= 0.3 is 0 Å². The molecule has 1 atom stereocenters. The Kier molecular flexibility index (Phi) is 4.14. The fourth-order valence-electron chi connectivity index (χ4n) is 3.91. The van der Waals surface area contributed by atoms with Crippen LogP contribution in [0.1, 0.15) is 29.9 Å². The number of nitro groups is 1. The first-order valence-electron chi connectivity index (χ1n) is 8.59. The molecule has 26 heavy (non-hydrogen) atoms. The summed E-state index contributed by atoms with van der Waals surface area (Å²) >= 11 is 0. The molecule has 0 saturated carbocycles. The highest BCUT2D eigenvalue weighted by Gasteiger charge is 2.37. The highest BCUT2D eigenvalue weighted by atomic mass is 16.6. The van der Waals surface area contributed by atoms with Crippen LogP contribution in [-0.4, -0.2) is 28.2 Å². The summed E-state index contributed by atoms with van der Waals surface area (Å²) in [5, 5.41) is 35.2. The number of fused-ring (bicyclic) bond motifs is 1. The van der Waals surface area contributed by atoms with Gasteiger partial charge in [0.1, 0.15) is 5.82 Å². The molecule has 4 rings (SSSR count). The maximum Gasteiger partial charge on any atom is 0.273 e. The molecule has 3 heterocycles. The number of aromatic amines is 1. The summed E-state index contributed by atoms with van der Waals surface area (Å²) in [7, 11) is 0. The van der Waals surface area contributed by atoms with E-state index in [0.717, 1.165) is 37.2 Å². The van der Waals surface area contributed by atoms with Gasteiger partial charge in [0.25, 0.3) is 5.69 Å². The first kappa shape index (κ1) is 16.3. The van der Waals surface area contributed by atoms with Crippen LogP contribution in [0, 0.1) is 27.4 Å². The van der Waals surface area contributed by atoms with Gasteiger partial charge in [0.05, 0.1) is 28.7 Å². The van der Waals surface area contributed by atoms with Gasteiger partial charge in [0, 0.05) is 28.8 Å². The van der Waals surface area contributed by atoms with Crippen molar-refractivity contribution >= 4 is 11.5 Å². The average Bonchev–Trinajstić information content (AvgIpc) is 3.15. The summed E-state index contributed by atoms with van der Waals surface area (Å²) in [6.45, 7) is 1.78. The fourth-order valence-corrected chi connectivity index (χ4v) is 3.91. The summed E-state index contributed by atoms with van der Waals surface area (Å²) < 4.78 is 0. The molecule has 0 amide bonds. The smallest absolute Gasteiger partial charge is 0.273 e. The van der Waals surface area contributed by atoms with E-state index in [1.165, 1.54) is 6.07 Å². The van der Waals surface area contributed by atoms with Crippen LogP contribution in [0.3, 0.4) is 0 Å².